The van der Waals surface area contributed by atoms with E-state index in [4.69, 9.17) is 4.52 Å². The van der Waals surface area contributed by atoms with Gasteiger partial charge in [-0.05, 0) is 25.5 Å². The molecule has 0 fully saturated rings. The molecule has 2 amide bonds. The lowest BCUT2D eigenvalue weighted by atomic mass is 10.2. The summed E-state index contributed by atoms with van der Waals surface area (Å²) in [5.74, 6) is -6.07. The summed E-state index contributed by atoms with van der Waals surface area (Å²) in [6, 6.07) is 1.45. The molecule has 0 atom stereocenters. The molecule has 0 aliphatic carbocycles. The summed E-state index contributed by atoms with van der Waals surface area (Å²) >= 11 is 0. The fourth-order valence-electron chi connectivity index (χ4n) is 1.76. The number of carbonyl (C=O) groups excluding carboxylic acids is 2. The van der Waals surface area contributed by atoms with Crippen molar-refractivity contribution in [2.24, 2.45) is 0 Å². The highest BCUT2D eigenvalue weighted by molar-refractivity contribution is 6.39. The average Bonchev–Trinajstić information content (AvgIpc) is 2.97. The normalized spacial score (nSPS) is 10.5. The van der Waals surface area contributed by atoms with Crippen LogP contribution in [0.4, 0.5) is 18.9 Å². The van der Waals surface area contributed by atoms with Crippen LogP contribution in [-0.2, 0) is 16.0 Å². The van der Waals surface area contributed by atoms with E-state index < -0.39 is 35.0 Å². The molecule has 2 N–H and O–H groups in total. The highest BCUT2D eigenvalue weighted by atomic mass is 19.2. The first-order valence-corrected chi connectivity index (χ1v) is 6.90. The zero-order valence-corrected chi connectivity index (χ0v) is 12.5. The van der Waals surface area contributed by atoms with Gasteiger partial charge < -0.3 is 15.2 Å². The molecule has 1 heterocycles. The summed E-state index contributed by atoms with van der Waals surface area (Å²) in [7, 11) is 0. The monoisotopic (exact) mass is 342 g/mol. The summed E-state index contributed by atoms with van der Waals surface area (Å²) < 4.78 is 44.1. The van der Waals surface area contributed by atoms with Gasteiger partial charge in [0.25, 0.3) is 0 Å². The molecule has 7 nitrogen and oxygen atoms in total. The first-order valence-electron chi connectivity index (χ1n) is 6.90. The second kappa shape index (κ2) is 7.57. The minimum absolute atomic E-state index is 0.133. The Hall–Kier alpha value is -2.91. The largest absolute Gasteiger partial charge is 0.348 e. The minimum atomic E-state index is -1.73. The van der Waals surface area contributed by atoms with Gasteiger partial charge in [0.05, 0.1) is 5.69 Å². The molecule has 2 rings (SSSR count). The Bertz CT molecular complexity index is 764. The number of aryl methyl sites for hydroxylation is 2. The summed E-state index contributed by atoms with van der Waals surface area (Å²) in [4.78, 5) is 27.1. The van der Waals surface area contributed by atoms with Gasteiger partial charge >= 0.3 is 11.8 Å². The number of halogens is 3. The third-order valence-electron chi connectivity index (χ3n) is 2.91. The van der Waals surface area contributed by atoms with E-state index in [1.807, 2.05) is 5.32 Å². The Balaban J connectivity index is 1.80. The van der Waals surface area contributed by atoms with Crippen molar-refractivity contribution in [2.75, 3.05) is 11.9 Å². The van der Waals surface area contributed by atoms with Crippen molar-refractivity contribution in [3.05, 3.63) is 41.3 Å². The van der Waals surface area contributed by atoms with E-state index in [9.17, 15) is 22.8 Å². The fraction of sp³-hybridized carbons (Fsp3) is 0.286. The predicted molar refractivity (Wildman–Crippen MR) is 75.3 cm³/mol. The summed E-state index contributed by atoms with van der Waals surface area (Å²) in [6.45, 7) is 1.80. The van der Waals surface area contributed by atoms with Crippen LogP contribution in [0.15, 0.2) is 16.7 Å². The Morgan fingerprint density at radius 2 is 1.92 bits per heavy atom. The maximum Gasteiger partial charge on any atom is 0.313 e. The van der Waals surface area contributed by atoms with Crippen molar-refractivity contribution in [2.45, 2.75) is 19.8 Å². The van der Waals surface area contributed by atoms with Crippen LogP contribution < -0.4 is 10.6 Å². The van der Waals surface area contributed by atoms with Gasteiger partial charge in [0.15, 0.2) is 23.3 Å². The zero-order chi connectivity index (χ0) is 17.7. The topological polar surface area (TPSA) is 97.1 Å². The van der Waals surface area contributed by atoms with Gasteiger partial charge in [-0.3, -0.25) is 9.59 Å². The summed E-state index contributed by atoms with van der Waals surface area (Å²) in [6.07, 6.45) is 0.834. The van der Waals surface area contributed by atoms with Crippen LogP contribution in [0.2, 0.25) is 0 Å². The molecule has 24 heavy (non-hydrogen) atoms. The number of carbonyl (C=O) groups is 2. The molecule has 10 heteroatoms. The van der Waals surface area contributed by atoms with E-state index in [1.54, 1.807) is 6.92 Å². The van der Waals surface area contributed by atoms with Crippen LogP contribution >= 0.6 is 0 Å². The fourth-order valence-corrected chi connectivity index (χ4v) is 1.76. The second-order valence-electron chi connectivity index (χ2n) is 4.77. The number of nitrogens with one attached hydrogen (secondary N) is 2. The quantitative estimate of drug-likeness (QED) is 0.487. The predicted octanol–water partition coefficient (Wildman–Crippen LogP) is 1.48. The molecule has 2 aromatic rings. The lowest BCUT2D eigenvalue weighted by Gasteiger charge is -2.07. The van der Waals surface area contributed by atoms with E-state index in [1.165, 1.54) is 0 Å². The number of amides is 2. The average molecular weight is 342 g/mol. The minimum Gasteiger partial charge on any atom is -0.348 e. The van der Waals surface area contributed by atoms with E-state index >= 15 is 0 Å². The second-order valence-corrected chi connectivity index (χ2v) is 4.77. The smallest absolute Gasteiger partial charge is 0.313 e. The molecule has 1 aromatic carbocycles. The highest BCUT2D eigenvalue weighted by Gasteiger charge is 2.19. The van der Waals surface area contributed by atoms with Crippen LogP contribution in [0.1, 0.15) is 18.1 Å². The van der Waals surface area contributed by atoms with Gasteiger partial charge in [-0.2, -0.15) is 4.98 Å². The number of hydrogen-bond acceptors (Lipinski definition) is 5. The molecule has 0 aliphatic heterocycles. The van der Waals surface area contributed by atoms with Gasteiger partial charge in [0, 0.05) is 13.0 Å². The number of anilines is 1. The molecular weight excluding hydrogens is 329 g/mol. The van der Waals surface area contributed by atoms with Gasteiger partial charge in [0.2, 0.25) is 5.89 Å². The standard InChI is InChI=1S/C14H13F3N4O3/c1-7-19-10(24-21-7)3-2-6-18-13(22)14(23)20-9-5-4-8(15)11(16)12(9)17/h4-5H,2-3,6H2,1H3,(H,18,22)(H,20,23). The molecular formula is C14H13F3N4O3. The Kier molecular flexibility index (Phi) is 5.51. The first-order chi connectivity index (χ1) is 11.4. The van der Waals surface area contributed by atoms with E-state index in [2.05, 4.69) is 15.5 Å². The molecule has 0 radical (unpaired) electrons. The molecule has 0 saturated heterocycles. The molecule has 0 unspecified atom stereocenters. The van der Waals surface area contributed by atoms with Gasteiger partial charge in [-0.15, -0.1) is 0 Å². The van der Waals surface area contributed by atoms with Crippen LogP contribution in [0.25, 0.3) is 0 Å². The molecule has 128 valence electrons. The highest BCUT2D eigenvalue weighted by Crippen LogP contribution is 2.19. The van der Waals surface area contributed by atoms with Gasteiger partial charge in [0.1, 0.15) is 0 Å². The lowest BCUT2D eigenvalue weighted by molar-refractivity contribution is -0.136. The Labute approximate surface area is 134 Å². The number of rotatable bonds is 5. The van der Waals surface area contributed by atoms with Crippen molar-refractivity contribution in [1.29, 1.82) is 0 Å². The van der Waals surface area contributed by atoms with E-state index in [0.717, 1.165) is 6.07 Å². The van der Waals surface area contributed by atoms with Crippen molar-refractivity contribution in [3.63, 3.8) is 0 Å². The molecule has 0 aliphatic rings. The van der Waals surface area contributed by atoms with Crippen LogP contribution in [-0.4, -0.2) is 28.5 Å². The molecule has 0 saturated carbocycles. The van der Waals surface area contributed by atoms with Crippen LogP contribution in [0.5, 0.6) is 0 Å². The SMILES string of the molecule is Cc1noc(CCCNC(=O)C(=O)Nc2ccc(F)c(F)c2F)n1. The van der Waals surface area contributed by atoms with Crippen LogP contribution in [0, 0.1) is 24.4 Å². The van der Waals surface area contributed by atoms with Crippen molar-refractivity contribution < 1.29 is 27.3 Å². The molecule has 0 bridgehead atoms. The van der Waals surface area contributed by atoms with E-state index in [0.29, 0.717) is 30.6 Å². The lowest BCUT2D eigenvalue weighted by Crippen LogP contribution is -2.36. The maximum absolute atomic E-state index is 13.4. The zero-order valence-electron chi connectivity index (χ0n) is 12.5. The summed E-state index contributed by atoms with van der Waals surface area (Å²) in [5.41, 5.74) is -0.629. The molecule has 0 spiro atoms. The number of nitrogens with zero attached hydrogens (tertiary/aromatic N) is 2. The molecule has 1 aromatic heterocycles. The van der Waals surface area contributed by atoms with Crippen molar-refractivity contribution >= 4 is 17.5 Å². The first kappa shape index (κ1) is 17.4. The number of benzene rings is 1. The maximum atomic E-state index is 13.4. The van der Waals surface area contributed by atoms with Gasteiger partial charge in [-0.25, -0.2) is 13.2 Å². The van der Waals surface area contributed by atoms with Gasteiger partial charge in [-0.1, -0.05) is 5.16 Å². The van der Waals surface area contributed by atoms with Crippen LogP contribution in [0.3, 0.4) is 0 Å². The van der Waals surface area contributed by atoms with E-state index in [-0.39, 0.29) is 6.54 Å². The third-order valence-corrected chi connectivity index (χ3v) is 2.91. The third kappa shape index (κ3) is 4.31. The van der Waals surface area contributed by atoms with Crippen molar-refractivity contribution in [3.8, 4) is 0 Å². The number of aromatic nitrogens is 2. The Morgan fingerprint density at radius 3 is 2.58 bits per heavy atom. The van der Waals surface area contributed by atoms with Crippen molar-refractivity contribution in [1.82, 2.24) is 15.5 Å². The number of hydrogen-bond donors (Lipinski definition) is 2. The summed E-state index contributed by atoms with van der Waals surface area (Å²) in [5, 5.41) is 7.76. The Morgan fingerprint density at radius 1 is 1.17 bits per heavy atom.